The molecule has 0 spiro atoms. The Labute approximate surface area is 110 Å². The van der Waals surface area contributed by atoms with E-state index in [1.54, 1.807) is 25.4 Å². The van der Waals surface area contributed by atoms with Gasteiger partial charge in [0.1, 0.15) is 23.7 Å². The Balaban J connectivity index is 2.00. The predicted octanol–water partition coefficient (Wildman–Crippen LogP) is 1.09. The number of ether oxygens (including phenoxy) is 1. The van der Waals surface area contributed by atoms with Gasteiger partial charge in [0.25, 0.3) is 0 Å². The number of hydrogen-bond donors (Lipinski definition) is 1. The first-order valence-electron chi connectivity index (χ1n) is 5.75. The topological polar surface area (TPSA) is 81.3 Å². The minimum atomic E-state index is 0.0506. The SMILES string of the molecule is Cc1nonc1COc1cncc(C#CCCO)c1. The summed E-state index contributed by atoms with van der Waals surface area (Å²) >= 11 is 0. The summed E-state index contributed by atoms with van der Waals surface area (Å²) in [6, 6.07) is 1.78. The fraction of sp³-hybridized carbons (Fsp3) is 0.308. The number of pyridine rings is 1. The summed E-state index contributed by atoms with van der Waals surface area (Å²) in [6.07, 6.45) is 3.68. The summed E-state index contributed by atoms with van der Waals surface area (Å²) in [7, 11) is 0. The molecular weight excluding hydrogens is 246 g/mol. The Morgan fingerprint density at radius 3 is 3.00 bits per heavy atom. The smallest absolute Gasteiger partial charge is 0.145 e. The van der Waals surface area contributed by atoms with Crippen LogP contribution in [0, 0.1) is 18.8 Å². The molecular formula is C13H13N3O3. The first-order valence-corrected chi connectivity index (χ1v) is 5.75. The number of aryl methyl sites for hydroxylation is 1. The zero-order chi connectivity index (χ0) is 13.5. The minimum absolute atomic E-state index is 0.0506. The van der Waals surface area contributed by atoms with Crippen LogP contribution in [0.4, 0.5) is 0 Å². The van der Waals surface area contributed by atoms with Gasteiger partial charge in [0, 0.05) is 18.2 Å². The highest BCUT2D eigenvalue weighted by atomic mass is 16.6. The Morgan fingerprint density at radius 1 is 1.37 bits per heavy atom. The summed E-state index contributed by atoms with van der Waals surface area (Å²) in [5.41, 5.74) is 2.09. The van der Waals surface area contributed by atoms with Crippen molar-refractivity contribution in [3.63, 3.8) is 0 Å². The van der Waals surface area contributed by atoms with Crippen molar-refractivity contribution in [1.82, 2.24) is 15.3 Å². The molecule has 2 aromatic rings. The monoisotopic (exact) mass is 259 g/mol. The quantitative estimate of drug-likeness (QED) is 0.828. The number of rotatable bonds is 4. The van der Waals surface area contributed by atoms with Crippen molar-refractivity contribution in [2.45, 2.75) is 20.0 Å². The van der Waals surface area contributed by atoms with Crippen LogP contribution in [0.1, 0.15) is 23.4 Å². The summed E-state index contributed by atoms with van der Waals surface area (Å²) < 4.78 is 10.1. The van der Waals surface area contributed by atoms with Crippen LogP contribution >= 0.6 is 0 Å². The fourth-order valence-electron chi connectivity index (χ4n) is 1.32. The van der Waals surface area contributed by atoms with Gasteiger partial charge in [0.2, 0.25) is 0 Å². The molecule has 0 aliphatic carbocycles. The van der Waals surface area contributed by atoms with E-state index in [4.69, 9.17) is 9.84 Å². The standard InChI is InChI=1S/C13H13N3O3/c1-10-13(16-19-15-10)9-18-12-6-11(7-14-8-12)4-2-3-5-17/h6-8,17H,3,5,9H2,1H3. The third-order valence-corrected chi connectivity index (χ3v) is 2.30. The highest BCUT2D eigenvalue weighted by molar-refractivity contribution is 5.36. The van der Waals surface area contributed by atoms with Gasteiger partial charge in [-0.25, -0.2) is 4.63 Å². The van der Waals surface area contributed by atoms with Gasteiger partial charge in [-0.05, 0) is 13.0 Å². The van der Waals surface area contributed by atoms with Crippen molar-refractivity contribution in [1.29, 1.82) is 0 Å². The number of hydrogen-bond acceptors (Lipinski definition) is 6. The normalized spacial score (nSPS) is 9.79. The van der Waals surface area contributed by atoms with Crippen LogP contribution in [-0.4, -0.2) is 27.0 Å². The molecule has 0 aromatic carbocycles. The van der Waals surface area contributed by atoms with E-state index in [0.29, 0.717) is 23.6 Å². The van der Waals surface area contributed by atoms with E-state index in [-0.39, 0.29) is 13.2 Å². The Kier molecular flexibility index (Phi) is 4.48. The number of aliphatic hydroxyl groups is 1. The van der Waals surface area contributed by atoms with Crippen LogP contribution in [0.3, 0.4) is 0 Å². The van der Waals surface area contributed by atoms with E-state index in [1.807, 2.05) is 0 Å². The van der Waals surface area contributed by atoms with Gasteiger partial charge in [-0.1, -0.05) is 22.2 Å². The van der Waals surface area contributed by atoms with Crippen LogP contribution in [0.5, 0.6) is 5.75 Å². The molecule has 2 rings (SSSR count). The number of aliphatic hydroxyl groups excluding tert-OH is 1. The number of aromatic nitrogens is 3. The van der Waals surface area contributed by atoms with Crippen LogP contribution in [-0.2, 0) is 6.61 Å². The van der Waals surface area contributed by atoms with Gasteiger partial charge in [0.15, 0.2) is 0 Å². The number of nitrogens with zero attached hydrogens (tertiary/aromatic N) is 3. The van der Waals surface area contributed by atoms with Crippen molar-refractivity contribution in [3.05, 3.63) is 35.4 Å². The lowest BCUT2D eigenvalue weighted by molar-refractivity contribution is 0.269. The lowest BCUT2D eigenvalue weighted by atomic mass is 10.2. The van der Waals surface area contributed by atoms with Crippen molar-refractivity contribution >= 4 is 0 Å². The molecule has 2 aromatic heterocycles. The zero-order valence-electron chi connectivity index (χ0n) is 10.5. The van der Waals surface area contributed by atoms with E-state index < -0.39 is 0 Å². The largest absolute Gasteiger partial charge is 0.485 e. The van der Waals surface area contributed by atoms with E-state index in [0.717, 1.165) is 5.56 Å². The maximum atomic E-state index is 8.65. The fourth-order valence-corrected chi connectivity index (χ4v) is 1.32. The second kappa shape index (κ2) is 6.52. The zero-order valence-corrected chi connectivity index (χ0v) is 10.5. The second-order valence-electron chi connectivity index (χ2n) is 3.77. The lowest BCUT2D eigenvalue weighted by Crippen LogP contribution is -1.98. The Hall–Kier alpha value is -2.39. The molecule has 0 unspecified atom stereocenters. The van der Waals surface area contributed by atoms with Crippen LogP contribution < -0.4 is 4.74 Å². The van der Waals surface area contributed by atoms with E-state index in [1.165, 1.54) is 0 Å². The first-order chi connectivity index (χ1) is 9.29. The molecule has 98 valence electrons. The van der Waals surface area contributed by atoms with E-state index in [2.05, 4.69) is 31.8 Å². The van der Waals surface area contributed by atoms with E-state index >= 15 is 0 Å². The molecule has 6 nitrogen and oxygen atoms in total. The average Bonchev–Trinajstić information content (AvgIpc) is 2.83. The minimum Gasteiger partial charge on any atom is -0.485 e. The summed E-state index contributed by atoms with van der Waals surface area (Å²) in [5, 5.41) is 16.0. The predicted molar refractivity (Wildman–Crippen MR) is 66.2 cm³/mol. The van der Waals surface area contributed by atoms with Crippen LogP contribution in [0.25, 0.3) is 0 Å². The summed E-state index contributed by atoms with van der Waals surface area (Å²) in [4.78, 5) is 4.04. The molecule has 2 heterocycles. The summed E-state index contributed by atoms with van der Waals surface area (Å²) in [5.74, 6) is 6.31. The highest BCUT2D eigenvalue weighted by Crippen LogP contribution is 2.13. The molecule has 0 atom stereocenters. The molecule has 0 amide bonds. The van der Waals surface area contributed by atoms with Gasteiger partial charge in [-0.2, -0.15) is 0 Å². The molecule has 1 N–H and O–H groups in total. The molecule has 0 saturated carbocycles. The molecule has 0 saturated heterocycles. The van der Waals surface area contributed by atoms with Gasteiger partial charge in [-0.3, -0.25) is 4.98 Å². The van der Waals surface area contributed by atoms with E-state index in [9.17, 15) is 0 Å². The molecule has 19 heavy (non-hydrogen) atoms. The molecule has 0 bridgehead atoms. The van der Waals surface area contributed by atoms with Gasteiger partial charge in [-0.15, -0.1) is 0 Å². The van der Waals surface area contributed by atoms with Crippen LogP contribution in [0.15, 0.2) is 23.1 Å². The van der Waals surface area contributed by atoms with Gasteiger partial charge >= 0.3 is 0 Å². The van der Waals surface area contributed by atoms with Crippen molar-refractivity contribution in [3.8, 4) is 17.6 Å². The highest BCUT2D eigenvalue weighted by Gasteiger charge is 2.06. The second-order valence-corrected chi connectivity index (χ2v) is 3.77. The molecule has 6 heteroatoms. The Morgan fingerprint density at radius 2 is 2.26 bits per heavy atom. The van der Waals surface area contributed by atoms with Crippen molar-refractivity contribution in [2.75, 3.05) is 6.61 Å². The molecule has 0 aliphatic heterocycles. The first kappa shape index (κ1) is 13.1. The maximum Gasteiger partial charge on any atom is 0.145 e. The maximum absolute atomic E-state index is 8.65. The third kappa shape index (κ3) is 3.79. The lowest BCUT2D eigenvalue weighted by Gasteiger charge is -2.03. The average molecular weight is 259 g/mol. The molecule has 0 radical (unpaired) electrons. The molecule has 0 aliphatic rings. The van der Waals surface area contributed by atoms with Gasteiger partial charge in [0.05, 0.1) is 12.8 Å². The van der Waals surface area contributed by atoms with Gasteiger partial charge < -0.3 is 9.84 Å². The molecule has 0 fully saturated rings. The Bertz CT molecular complexity index is 598. The van der Waals surface area contributed by atoms with Crippen molar-refractivity contribution in [2.24, 2.45) is 0 Å². The van der Waals surface area contributed by atoms with Crippen molar-refractivity contribution < 1.29 is 14.5 Å². The third-order valence-electron chi connectivity index (χ3n) is 2.30. The summed E-state index contributed by atoms with van der Waals surface area (Å²) in [6.45, 7) is 2.11. The van der Waals surface area contributed by atoms with Crippen LogP contribution in [0.2, 0.25) is 0 Å².